The molecule has 1 saturated heterocycles. The number of halogens is 3. The van der Waals surface area contributed by atoms with Gasteiger partial charge in [-0.25, -0.2) is 13.1 Å². The van der Waals surface area contributed by atoms with E-state index in [1.54, 1.807) is 12.4 Å². The fraction of sp³-hybridized carbons (Fsp3) is 0.389. The number of piperidine rings is 1. The van der Waals surface area contributed by atoms with Crippen LogP contribution in [0.15, 0.2) is 53.7 Å². The zero-order valence-electron chi connectivity index (χ0n) is 14.5. The minimum absolute atomic E-state index is 0.164. The van der Waals surface area contributed by atoms with Gasteiger partial charge in [-0.1, -0.05) is 0 Å². The first-order valence-electron chi connectivity index (χ1n) is 8.57. The summed E-state index contributed by atoms with van der Waals surface area (Å²) in [5.41, 5.74) is 0.172. The number of benzene rings is 1. The number of sulfonamides is 1. The molecule has 1 aliphatic rings. The Hall–Kier alpha value is -2.13. The van der Waals surface area contributed by atoms with Gasteiger partial charge in [0.05, 0.1) is 22.3 Å². The second kappa shape index (κ2) is 7.85. The van der Waals surface area contributed by atoms with Gasteiger partial charge in [0.25, 0.3) is 0 Å². The summed E-state index contributed by atoms with van der Waals surface area (Å²) < 4.78 is 64.9. The van der Waals surface area contributed by atoms with Crippen LogP contribution in [0.1, 0.15) is 18.4 Å². The van der Waals surface area contributed by atoms with Crippen LogP contribution in [-0.2, 0) is 16.2 Å². The number of anilines is 1. The molecule has 0 aliphatic carbocycles. The lowest BCUT2D eigenvalue weighted by Crippen LogP contribution is -2.38. The number of pyridine rings is 1. The molecule has 1 fully saturated rings. The van der Waals surface area contributed by atoms with Gasteiger partial charge in [-0.2, -0.15) is 13.2 Å². The molecule has 2 heterocycles. The van der Waals surface area contributed by atoms with Gasteiger partial charge in [0.15, 0.2) is 0 Å². The zero-order chi connectivity index (χ0) is 19.5. The summed E-state index contributed by atoms with van der Waals surface area (Å²) in [7, 11) is -3.83. The maximum absolute atomic E-state index is 12.6. The van der Waals surface area contributed by atoms with Gasteiger partial charge in [0.2, 0.25) is 10.0 Å². The van der Waals surface area contributed by atoms with E-state index in [1.165, 1.54) is 0 Å². The van der Waals surface area contributed by atoms with E-state index in [4.69, 9.17) is 0 Å². The zero-order valence-corrected chi connectivity index (χ0v) is 15.3. The van der Waals surface area contributed by atoms with Gasteiger partial charge in [0.1, 0.15) is 0 Å². The van der Waals surface area contributed by atoms with E-state index in [0.717, 1.165) is 55.9 Å². The Kier molecular flexibility index (Phi) is 5.71. The van der Waals surface area contributed by atoms with Gasteiger partial charge in [0, 0.05) is 25.8 Å². The Labute approximate surface area is 156 Å². The lowest BCUT2D eigenvalue weighted by Gasteiger charge is -2.33. The number of nitrogens with one attached hydrogen (secondary N) is 1. The van der Waals surface area contributed by atoms with E-state index >= 15 is 0 Å². The van der Waals surface area contributed by atoms with Crippen LogP contribution in [-0.4, -0.2) is 33.0 Å². The van der Waals surface area contributed by atoms with E-state index in [0.29, 0.717) is 0 Å². The van der Waals surface area contributed by atoms with Crippen molar-refractivity contribution in [1.82, 2.24) is 9.71 Å². The Morgan fingerprint density at radius 3 is 2.33 bits per heavy atom. The Balaban J connectivity index is 1.54. The van der Waals surface area contributed by atoms with E-state index in [2.05, 4.69) is 14.6 Å². The fourth-order valence-electron chi connectivity index (χ4n) is 3.07. The minimum atomic E-state index is -4.49. The van der Waals surface area contributed by atoms with Crippen molar-refractivity contribution in [2.24, 2.45) is 5.92 Å². The Morgan fingerprint density at radius 2 is 1.78 bits per heavy atom. The SMILES string of the molecule is O=S(=O)(NCC1CCN(c2cccnc2)CC1)c1ccc(C(F)(F)F)cc1. The number of hydrogen-bond donors (Lipinski definition) is 1. The average Bonchev–Trinajstić information content (AvgIpc) is 2.67. The maximum Gasteiger partial charge on any atom is 0.416 e. The van der Waals surface area contributed by atoms with Crippen molar-refractivity contribution in [3.63, 3.8) is 0 Å². The van der Waals surface area contributed by atoms with Crippen LogP contribution in [0.4, 0.5) is 18.9 Å². The summed E-state index contributed by atoms with van der Waals surface area (Å²) >= 11 is 0. The lowest BCUT2D eigenvalue weighted by atomic mass is 9.97. The van der Waals surface area contributed by atoms with Gasteiger partial charge in [-0.15, -0.1) is 0 Å². The highest BCUT2D eigenvalue weighted by atomic mass is 32.2. The lowest BCUT2D eigenvalue weighted by molar-refractivity contribution is -0.137. The third-order valence-electron chi connectivity index (χ3n) is 4.68. The molecular weight excluding hydrogens is 379 g/mol. The third kappa shape index (κ3) is 4.98. The van der Waals surface area contributed by atoms with Gasteiger partial charge in [-0.05, 0) is 55.2 Å². The average molecular weight is 399 g/mol. The highest BCUT2D eigenvalue weighted by Gasteiger charge is 2.30. The van der Waals surface area contributed by atoms with Crippen LogP contribution >= 0.6 is 0 Å². The van der Waals surface area contributed by atoms with Crippen molar-refractivity contribution in [1.29, 1.82) is 0 Å². The van der Waals surface area contributed by atoms with Crippen molar-refractivity contribution >= 4 is 15.7 Å². The first kappa shape index (κ1) is 19.6. The number of hydrogen-bond acceptors (Lipinski definition) is 4. The molecule has 1 aromatic carbocycles. The smallest absolute Gasteiger partial charge is 0.370 e. The highest BCUT2D eigenvalue weighted by molar-refractivity contribution is 7.89. The van der Waals surface area contributed by atoms with Crippen LogP contribution in [0.5, 0.6) is 0 Å². The molecular formula is C18H20F3N3O2S. The van der Waals surface area contributed by atoms with E-state index in [9.17, 15) is 21.6 Å². The molecule has 0 spiro atoms. The summed E-state index contributed by atoms with van der Waals surface area (Å²) in [6.07, 6.45) is 0.673. The number of aromatic nitrogens is 1. The number of rotatable bonds is 5. The van der Waals surface area contributed by atoms with Gasteiger partial charge >= 0.3 is 6.18 Å². The second-order valence-electron chi connectivity index (χ2n) is 6.52. The monoisotopic (exact) mass is 399 g/mol. The molecule has 0 saturated carbocycles. The molecule has 9 heteroatoms. The molecule has 146 valence electrons. The normalized spacial score (nSPS) is 16.5. The van der Waals surface area contributed by atoms with Crippen molar-refractivity contribution < 1.29 is 21.6 Å². The third-order valence-corrected chi connectivity index (χ3v) is 6.12. The van der Waals surface area contributed by atoms with Gasteiger partial charge in [-0.3, -0.25) is 4.98 Å². The molecule has 2 aromatic rings. The molecule has 0 bridgehead atoms. The summed E-state index contributed by atoms with van der Waals surface area (Å²) in [6, 6.07) is 7.38. The molecule has 27 heavy (non-hydrogen) atoms. The van der Waals surface area contributed by atoms with E-state index in [-0.39, 0.29) is 17.4 Å². The molecule has 0 radical (unpaired) electrons. The first-order chi connectivity index (χ1) is 12.8. The predicted octanol–water partition coefficient (Wildman–Crippen LogP) is 3.30. The molecule has 1 N–H and O–H groups in total. The van der Waals surface area contributed by atoms with Crippen LogP contribution in [0.25, 0.3) is 0 Å². The largest absolute Gasteiger partial charge is 0.416 e. The summed E-state index contributed by atoms with van der Waals surface area (Å²) in [6.45, 7) is 1.88. The Bertz CT molecular complexity index is 848. The minimum Gasteiger partial charge on any atom is -0.370 e. The van der Waals surface area contributed by atoms with Crippen molar-refractivity contribution in [3.8, 4) is 0 Å². The maximum atomic E-state index is 12.6. The van der Waals surface area contributed by atoms with Crippen molar-refractivity contribution in [2.75, 3.05) is 24.5 Å². The molecule has 0 atom stereocenters. The van der Waals surface area contributed by atoms with Crippen molar-refractivity contribution in [3.05, 3.63) is 54.4 Å². The topological polar surface area (TPSA) is 62.3 Å². The van der Waals surface area contributed by atoms with Crippen molar-refractivity contribution in [2.45, 2.75) is 23.9 Å². The molecule has 0 amide bonds. The number of nitrogens with zero attached hydrogens (tertiary/aromatic N) is 2. The molecule has 1 aromatic heterocycles. The van der Waals surface area contributed by atoms with Crippen LogP contribution in [0, 0.1) is 5.92 Å². The van der Waals surface area contributed by atoms with Crippen LogP contribution in [0.2, 0.25) is 0 Å². The fourth-order valence-corrected chi connectivity index (χ4v) is 4.19. The standard InChI is InChI=1S/C18H20F3N3O2S/c19-18(20,21)15-3-5-17(6-4-15)27(25,26)23-12-14-7-10-24(11-8-14)16-2-1-9-22-13-16/h1-6,9,13-14,23H,7-8,10-12H2. The Morgan fingerprint density at radius 1 is 1.11 bits per heavy atom. The summed E-state index contributed by atoms with van der Waals surface area (Å²) in [4.78, 5) is 6.14. The van der Waals surface area contributed by atoms with Gasteiger partial charge < -0.3 is 4.90 Å². The molecule has 1 aliphatic heterocycles. The van der Waals surface area contributed by atoms with Crippen LogP contribution in [0.3, 0.4) is 0 Å². The highest BCUT2D eigenvalue weighted by Crippen LogP contribution is 2.29. The molecule has 5 nitrogen and oxygen atoms in total. The number of alkyl halides is 3. The van der Waals surface area contributed by atoms with E-state index < -0.39 is 21.8 Å². The molecule has 3 rings (SSSR count). The predicted molar refractivity (Wildman–Crippen MR) is 95.8 cm³/mol. The summed E-state index contributed by atoms with van der Waals surface area (Å²) in [5, 5.41) is 0. The summed E-state index contributed by atoms with van der Waals surface area (Å²) in [5.74, 6) is 0.183. The van der Waals surface area contributed by atoms with Crippen LogP contribution < -0.4 is 9.62 Å². The second-order valence-corrected chi connectivity index (χ2v) is 8.28. The molecule has 0 unspecified atom stereocenters. The van der Waals surface area contributed by atoms with E-state index in [1.807, 2.05) is 12.1 Å². The quantitative estimate of drug-likeness (QED) is 0.838. The first-order valence-corrected chi connectivity index (χ1v) is 10.1.